The first-order chi connectivity index (χ1) is 12.2. The minimum absolute atomic E-state index is 0.0122. The lowest BCUT2D eigenvalue weighted by Gasteiger charge is -2.26. The summed E-state index contributed by atoms with van der Waals surface area (Å²) in [6, 6.07) is 15.2. The molecule has 0 spiro atoms. The van der Waals surface area contributed by atoms with Crippen molar-refractivity contribution in [3.05, 3.63) is 53.0 Å². The average molecular weight is 406 g/mol. The molecule has 1 amide bonds. The fourth-order valence-electron chi connectivity index (χ4n) is 2.43. The van der Waals surface area contributed by atoms with E-state index in [1.165, 1.54) is 0 Å². The maximum atomic E-state index is 11.9. The second-order valence-corrected chi connectivity index (χ2v) is 6.62. The average Bonchev–Trinajstić information content (AvgIpc) is 2.65. The van der Waals surface area contributed by atoms with Gasteiger partial charge in [-0.15, -0.1) is 0 Å². The SMILES string of the molecule is O=C(CCCOc1ccc(Br)cc1)NCC1COc2ccccc2O1. The minimum atomic E-state index is -0.169. The van der Waals surface area contributed by atoms with Crippen molar-refractivity contribution in [3.8, 4) is 17.2 Å². The van der Waals surface area contributed by atoms with Gasteiger partial charge in [0.15, 0.2) is 11.5 Å². The van der Waals surface area contributed by atoms with Crippen molar-refractivity contribution in [2.24, 2.45) is 0 Å². The van der Waals surface area contributed by atoms with Gasteiger partial charge >= 0.3 is 0 Å². The molecule has 1 heterocycles. The Morgan fingerprint density at radius 3 is 2.72 bits per heavy atom. The third-order valence-electron chi connectivity index (χ3n) is 3.72. The highest BCUT2D eigenvalue weighted by Gasteiger charge is 2.20. The third kappa shape index (κ3) is 5.39. The van der Waals surface area contributed by atoms with E-state index in [4.69, 9.17) is 14.2 Å². The predicted octanol–water partition coefficient (Wildman–Crippen LogP) is 3.56. The molecular weight excluding hydrogens is 386 g/mol. The van der Waals surface area contributed by atoms with Gasteiger partial charge in [0.1, 0.15) is 18.5 Å². The van der Waals surface area contributed by atoms with E-state index in [-0.39, 0.29) is 12.0 Å². The van der Waals surface area contributed by atoms with Crippen LogP contribution in [0.25, 0.3) is 0 Å². The molecule has 1 unspecified atom stereocenters. The molecule has 0 radical (unpaired) electrons. The zero-order chi connectivity index (χ0) is 17.5. The van der Waals surface area contributed by atoms with Crippen molar-refractivity contribution in [2.45, 2.75) is 18.9 Å². The molecule has 1 aliphatic rings. The van der Waals surface area contributed by atoms with Crippen LogP contribution in [-0.2, 0) is 4.79 Å². The molecule has 0 fully saturated rings. The summed E-state index contributed by atoms with van der Waals surface area (Å²) in [4.78, 5) is 11.9. The van der Waals surface area contributed by atoms with Crippen LogP contribution in [-0.4, -0.2) is 31.8 Å². The van der Waals surface area contributed by atoms with E-state index in [9.17, 15) is 4.79 Å². The van der Waals surface area contributed by atoms with Crippen molar-refractivity contribution in [1.82, 2.24) is 5.32 Å². The summed E-state index contributed by atoms with van der Waals surface area (Å²) in [7, 11) is 0. The lowest BCUT2D eigenvalue weighted by Crippen LogP contribution is -2.40. The van der Waals surface area contributed by atoms with Gasteiger partial charge in [-0.25, -0.2) is 0 Å². The van der Waals surface area contributed by atoms with Crippen LogP contribution >= 0.6 is 15.9 Å². The molecule has 25 heavy (non-hydrogen) atoms. The van der Waals surface area contributed by atoms with Gasteiger partial charge in [-0.3, -0.25) is 4.79 Å². The first-order valence-electron chi connectivity index (χ1n) is 8.24. The highest BCUT2D eigenvalue weighted by molar-refractivity contribution is 9.10. The molecule has 0 saturated carbocycles. The maximum Gasteiger partial charge on any atom is 0.220 e. The van der Waals surface area contributed by atoms with E-state index in [1.54, 1.807) is 0 Å². The standard InChI is InChI=1S/C19H20BrNO4/c20-14-7-9-15(10-8-14)23-11-3-6-19(22)21-12-16-13-24-17-4-1-2-5-18(17)25-16/h1-2,4-5,7-10,16H,3,6,11-13H2,(H,21,22). The number of amides is 1. The molecule has 1 aliphatic heterocycles. The van der Waals surface area contributed by atoms with Crippen LogP contribution in [0.2, 0.25) is 0 Å². The van der Waals surface area contributed by atoms with Gasteiger partial charge in [-0.1, -0.05) is 28.1 Å². The van der Waals surface area contributed by atoms with Crippen molar-refractivity contribution in [1.29, 1.82) is 0 Å². The fraction of sp³-hybridized carbons (Fsp3) is 0.316. The molecule has 1 atom stereocenters. The Labute approximate surface area is 155 Å². The summed E-state index contributed by atoms with van der Waals surface area (Å²) >= 11 is 3.38. The predicted molar refractivity (Wildman–Crippen MR) is 98.2 cm³/mol. The monoisotopic (exact) mass is 405 g/mol. The molecule has 0 aliphatic carbocycles. The number of carbonyl (C=O) groups is 1. The molecular formula is C19H20BrNO4. The number of hydrogen-bond donors (Lipinski definition) is 1. The molecule has 132 valence electrons. The van der Waals surface area contributed by atoms with Crippen molar-refractivity contribution in [3.63, 3.8) is 0 Å². The molecule has 6 heteroatoms. The smallest absolute Gasteiger partial charge is 0.220 e. The first kappa shape index (κ1) is 17.6. The van der Waals surface area contributed by atoms with E-state index in [0.717, 1.165) is 21.7 Å². The number of halogens is 1. The van der Waals surface area contributed by atoms with Crippen LogP contribution in [0, 0.1) is 0 Å². The number of para-hydroxylation sites is 2. The largest absolute Gasteiger partial charge is 0.494 e. The van der Waals surface area contributed by atoms with Crippen LogP contribution in [0.4, 0.5) is 0 Å². The Morgan fingerprint density at radius 2 is 1.92 bits per heavy atom. The Hall–Kier alpha value is -2.21. The Bertz CT molecular complexity index is 705. The number of fused-ring (bicyclic) bond motifs is 1. The van der Waals surface area contributed by atoms with Crippen LogP contribution in [0.3, 0.4) is 0 Å². The molecule has 0 saturated heterocycles. The van der Waals surface area contributed by atoms with Gasteiger partial charge in [0.2, 0.25) is 5.91 Å². The summed E-state index contributed by atoms with van der Waals surface area (Å²) in [5.74, 6) is 2.25. The molecule has 0 aromatic heterocycles. The number of ether oxygens (including phenoxy) is 3. The van der Waals surface area contributed by atoms with Gasteiger partial charge in [-0.05, 0) is 42.8 Å². The number of hydrogen-bond acceptors (Lipinski definition) is 4. The third-order valence-corrected chi connectivity index (χ3v) is 4.25. The van der Waals surface area contributed by atoms with Gasteiger partial charge in [-0.2, -0.15) is 0 Å². The maximum absolute atomic E-state index is 11.9. The Balaban J connectivity index is 1.31. The van der Waals surface area contributed by atoms with Gasteiger partial charge in [0, 0.05) is 10.9 Å². The number of benzene rings is 2. The molecule has 3 rings (SSSR count). The highest BCUT2D eigenvalue weighted by Crippen LogP contribution is 2.30. The summed E-state index contributed by atoms with van der Waals surface area (Å²) in [6.45, 7) is 1.37. The van der Waals surface area contributed by atoms with E-state index in [0.29, 0.717) is 32.6 Å². The first-order valence-corrected chi connectivity index (χ1v) is 9.03. The van der Waals surface area contributed by atoms with E-state index in [2.05, 4.69) is 21.2 Å². The molecule has 1 N–H and O–H groups in total. The summed E-state index contributed by atoms with van der Waals surface area (Å²) < 4.78 is 18.0. The van der Waals surface area contributed by atoms with Gasteiger partial charge < -0.3 is 19.5 Å². The quantitative estimate of drug-likeness (QED) is 0.715. The molecule has 5 nitrogen and oxygen atoms in total. The fourth-order valence-corrected chi connectivity index (χ4v) is 2.70. The second kappa shape index (κ2) is 8.76. The van der Waals surface area contributed by atoms with Crippen LogP contribution in [0.5, 0.6) is 17.2 Å². The van der Waals surface area contributed by atoms with Crippen molar-refractivity contribution in [2.75, 3.05) is 19.8 Å². The zero-order valence-electron chi connectivity index (χ0n) is 13.7. The zero-order valence-corrected chi connectivity index (χ0v) is 15.3. The van der Waals surface area contributed by atoms with Gasteiger partial charge in [0.05, 0.1) is 13.2 Å². The van der Waals surface area contributed by atoms with Crippen LogP contribution in [0.1, 0.15) is 12.8 Å². The highest BCUT2D eigenvalue weighted by atomic mass is 79.9. The van der Waals surface area contributed by atoms with E-state index >= 15 is 0 Å². The number of nitrogens with one attached hydrogen (secondary N) is 1. The van der Waals surface area contributed by atoms with E-state index < -0.39 is 0 Å². The van der Waals surface area contributed by atoms with Gasteiger partial charge in [0.25, 0.3) is 0 Å². The number of carbonyl (C=O) groups excluding carboxylic acids is 1. The van der Waals surface area contributed by atoms with Crippen LogP contribution in [0.15, 0.2) is 53.0 Å². The lowest BCUT2D eigenvalue weighted by atomic mass is 10.2. The molecule has 2 aromatic carbocycles. The molecule has 2 aromatic rings. The lowest BCUT2D eigenvalue weighted by molar-refractivity contribution is -0.121. The van der Waals surface area contributed by atoms with Crippen LogP contribution < -0.4 is 19.5 Å². The topological polar surface area (TPSA) is 56.8 Å². The van der Waals surface area contributed by atoms with Crippen molar-refractivity contribution < 1.29 is 19.0 Å². The molecule has 0 bridgehead atoms. The van der Waals surface area contributed by atoms with E-state index in [1.807, 2.05) is 48.5 Å². The summed E-state index contributed by atoms with van der Waals surface area (Å²) in [5, 5.41) is 2.88. The Kier molecular flexibility index (Phi) is 6.17. The Morgan fingerprint density at radius 1 is 1.16 bits per heavy atom. The summed E-state index contributed by atoms with van der Waals surface area (Å²) in [5.41, 5.74) is 0. The minimum Gasteiger partial charge on any atom is -0.494 e. The second-order valence-electron chi connectivity index (χ2n) is 5.71. The normalized spacial score (nSPS) is 15.5. The van der Waals surface area contributed by atoms with Crippen molar-refractivity contribution >= 4 is 21.8 Å². The number of rotatable bonds is 7. The summed E-state index contributed by atoms with van der Waals surface area (Å²) in [6.07, 6.45) is 0.908.